The number of nitriles is 1. The Hall–Kier alpha value is -1.08. The van der Waals surface area contributed by atoms with Crippen LogP contribution in [0.5, 0.6) is 5.06 Å². The third-order valence-corrected chi connectivity index (χ3v) is 1.61. The van der Waals surface area contributed by atoms with Crippen LogP contribution in [-0.4, -0.2) is 12.1 Å². The molecule has 46 valence electrons. The fourth-order valence-corrected chi connectivity index (χ4v) is 1.01. The van der Waals surface area contributed by atoms with Gasteiger partial charge in [0.2, 0.25) is 5.06 Å². The Bertz CT molecular complexity index is 237. The van der Waals surface area contributed by atoms with E-state index in [0.717, 1.165) is 0 Å². The minimum atomic E-state index is 0.363. The van der Waals surface area contributed by atoms with Gasteiger partial charge in [0.15, 0.2) is 5.69 Å². The Morgan fingerprint density at radius 2 is 2.67 bits per heavy atom. The first-order valence-electron chi connectivity index (χ1n) is 2.26. The van der Waals surface area contributed by atoms with Gasteiger partial charge in [-0.2, -0.15) is 5.26 Å². The molecule has 4 heteroatoms. The van der Waals surface area contributed by atoms with Crippen molar-refractivity contribution in [2.75, 3.05) is 7.11 Å². The number of methoxy groups -OCH3 is 1. The number of aromatic nitrogens is 1. The van der Waals surface area contributed by atoms with Crippen LogP contribution in [0.1, 0.15) is 5.69 Å². The number of nitrogens with zero attached hydrogens (tertiary/aromatic N) is 2. The zero-order valence-electron chi connectivity index (χ0n) is 4.79. The van der Waals surface area contributed by atoms with Gasteiger partial charge in [0.25, 0.3) is 0 Å². The van der Waals surface area contributed by atoms with E-state index in [1.54, 1.807) is 5.51 Å². The lowest BCUT2D eigenvalue weighted by molar-refractivity contribution is 0.424. The molecule has 0 radical (unpaired) electrons. The van der Waals surface area contributed by atoms with Crippen molar-refractivity contribution in [2.24, 2.45) is 0 Å². The maximum Gasteiger partial charge on any atom is 0.212 e. The molecule has 0 N–H and O–H groups in total. The molecule has 3 nitrogen and oxygen atoms in total. The van der Waals surface area contributed by atoms with Crippen LogP contribution >= 0.6 is 11.3 Å². The number of hydrogen-bond donors (Lipinski definition) is 0. The molecule has 0 aromatic carbocycles. The summed E-state index contributed by atoms with van der Waals surface area (Å²) in [5.74, 6) is 0. The standard InChI is InChI=1S/C5H4N2OS/c1-8-5-4(2-6)7-3-9-5/h3H,1H3. The van der Waals surface area contributed by atoms with Crippen LogP contribution in [0.4, 0.5) is 0 Å². The summed E-state index contributed by atoms with van der Waals surface area (Å²) in [5.41, 5.74) is 1.94. The molecule has 0 aliphatic heterocycles. The average Bonchev–Trinajstić information content (AvgIpc) is 2.33. The molecule has 0 fully saturated rings. The van der Waals surface area contributed by atoms with Crippen molar-refractivity contribution < 1.29 is 4.74 Å². The Morgan fingerprint density at radius 1 is 1.89 bits per heavy atom. The van der Waals surface area contributed by atoms with Crippen molar-refractivity contribution in [1.29, 1.82) is 5.26 Å². The van der Waals surface area contributed by atoms with E-state index >= 15 is 0 Å². The summed E-state index contributed by atoms with van der Waals surface area (Å²) >= 11 is 1.32. The number of thiazole rings is 1. The zero-order chi connectivity index (χ0) is 6.69. The molecule has 0 bridgehead atoms. The van der Waals surface area contributed by atoms with E-state index in [1.165, 1.54) is 18.4 Å². The topological polar surface area (TPSA) is 45.9 Å². The van der Waals surface area contributed by atoms with Gasteiger partial charge >= 0.3 is 0 Å². The molecule has 1 rings (SSSR count). The second kappa shape index (κ2) is 2.46. The molecular formula is C5H4N2OS. The third kappa shape index (κ3) is 1.00. The summed E-state index contributed by atoms with van der Waals surface area (Å²) in [6.45, 7) is 0. The molecule has 9 heavy (non-hydrogen) atoms. The van der Waals surface area contributed by atoms with E-state index in [0.29, 0.717) is 10.8 Å². The number of rotatable bonds is 1. The Morgan fingerprint density at radius 3 is 3.11 bits per heavy atom. The molecular weight excluding hydrogens is 136 g/mol. The van der Waals surface area contributed by atoms with Crippen molar-refractivity contribution in [1.82, 2.24) is 4.98 Å². The van der Waals surface area contributed by atoms with Crippen LogP contribution in [0.25, 0.3) is 0 Å². The van der Waals surface area contributed by atoms with Crippen LogP contribution in [0.3, 0.4) is 0 Å². The molecule has 0 spiro atoms. The van der Waals surface area contributed by atoms with Gasteiger partial charge in [-0.3, -0.25) is 0 Å². The monoisotopic (exact) mass is 140 g/mol. The highest BCUT2D eigenvalue weighted by molar-refractivity contribution is 7.11. The van der Waals surface area contributed by atoms with Crippen LogP contribution in [-0.2, 0) is 0 Å². The van der Waals surface area contributed by atoms with Crippen molar-refractivity contribution in [3.63, 3.8) is 0 Å². The first-order chi connectivity index (χ1) is 4.38. The lowest BCUT2D eigenvalue weighted by Crippen LogP contribution is -1.81. The van der Waals surface area contributed by atoms with E-state index in [1.807, 2.05) is 6.07 Å². The van der Waals surface area contributed by atoms with Gasteiger partial charge in [0.05, 0.1) is 12.6 Å². The highest BCUT2D eigenvalue weighted by Crippen LogP contribution is 2.20. The highest BCUT2D eigenvalue weighted by atomic mass is 32.1. The molecule has 1 aromatic heterocycles. The number of hydrogen-bond acceptors (Lipinski definition) is 4. The Labute approximate surface area is 56.5 Å². The molecule has 0 saturated heterocycles. The largest absolute Gasteiger partial charge is 0.485 e. The SMILES string of the molecule is COc1scnc1C#N. The van der Waals surface area contributed by atoms with Crippen molar-refractivity contribution in [2.45, 2.75) is 0 Å². The summed E-state index contributed by atoms with van der Waals surface area (Å²) in [6, 6.07) is 1.90. The molecule has 1 aromatic rings. The molecule has 0 unspecified atom stereocenters. The minimum absolute atomic E-state index is 0.363. The first kappa shape index (κ1) is 6.05. The summed E-state index contributed by atoms with van der Waals surface area (Å²) in [4.78, 5) is 3.74. The third-order valence-electron chi connectivity index (χ3n) is 0.826. The van der Waals surface area contributed by atoms with E-state index in [2.05, 4.69) is 4.98 Å². The van der Waals surface area contributed by atoms with Gasteiger partial charge in [-0.25, -0.2) is 4.98 Å². The van der Waals surface area contributed by atoms with Crippen molar-refractivity contribution in [3.8, 4) is 11.1 Å². The van der Waals surface area contributed by atoms with E-state index in [4.69, 9.17) is 10.00 Å². The lowest BCUT2D eigenvalue weighted by Gasteiger charge is -1.88. The Kier molecular flexibility index (Phi) is 1.66. The molecule has 0 saturated carbocycles. The summed E-state index contributed by atoms with van der Waals surface area (Å²) in [5, 5.41) is 8.93. The van der Waals surface area contributed by atoms with Gasteiger partial charge in [0, 0.05) is 0 Å². The maximum absolute atomic E-state index is 8.35. The van der Waals surface area contributed by atoms with Crippen LogP contribution < -0.4 is 4.74 Å². The van der Waals surface area contributed by atoms with Crippen molar-refractivity contribution >= 4 is 11.3 Å². The summed E-state index contributed by atoms with van der Waals surface area (Å²) < 4.78 is 4.81. The van der Waals surface area contributed by atoms with Crippen LogP contribution in [0.15, 0.2) is 5.51 Å². The molecule has 0 aliphatic rings. The quantitative estimate of drug-likeness (QED) is 0.585. The fourth-order valence-electron chi connectivity index (χ4n) is 0.455. The molecule has 0 atom stereocenters. The fraction of sp³-hybridized carbons (Fsp3) is 0.200. The smallest absolute Gasteiger partial charge is 0.212 e. The number of ether oxygens (including phenoxy) is 1. The van der Waals surface area contributed by atoms with E-state index in [-0.39, 0.29) is 0 Å². The average molecular weight is 140 g/mol. The predicted octanol–water partition coefficient (Wildman–Crippen LogP) is 1.02. The molecule has 0 aliphatic carbocycles. The van der Waals surface area contributed by atoms with E-state index in [9.17, 15) is 0 Å². The Balaban J connectivity index is 3.02. The maximum atomic E-state index is 8.35. The predicted molar refractivity (Wildman–Crippen MR) is 33.4 cm³/mol. The lowest BCUT2D eigenvalue weighted by atomic mass is 10.5. The summed E-state index contributed by atoms with van der Waals surface area (Å²) in [7, 11) is 1.52. The molecule has 0 amide bonds. The van der Waals surface area contributed by atoms with Gasteiger partial charge in [-0.15, -0.1) is 0 Å². The molecule has 1 heterocycles. The van der Waals surface area contributed by atoms with Gasteiger partial charge < -0.3 is 4.74 Å². The first-order valence-corrected chi connectivity index (χ1v) is 3.14. The second-order valence-corrected chi connectivity index (χ2v) is 2.12. The summed E-state index contributed by atoms with van der Waals surface area (Å²) in [6.07, 6.45) is 0. The van der Waals surface area contributed by atoms with Crippen LogP contribution in [0.2, 0.25) is 0 Å². The van der Waals surface area contributed by atoms with Gasteiger partial charge in [-0.05, 0) is 0 Å². The second-order valence-electron chi connectivity index (χ2n) is 1.30. The highest BCUT2D eigenvalue weighted by Gasteiger charge is 2.02. The minimum Gasteiger partial charge on any atom is -0.485 e. The zero-order valence-corrected chi connectivity index (χ0v) is 5.60. The van der Waals surface area contributed by atoms with Crippen molar-refractivity contribution in [3.05, 3.63) is 11.2 Å². The normalized spacial score (nSPS) is 8.44. The van der Waals surface area contributed by atoms with Gasteiger partial charge in [0.1, 0.15) is 6.07 Å². The van der Waals surface area contributed by atoms with E-state index < -0.39 is 0 Å². The van der Waals surface area contributed by atoms with Crippen LogP contribution in [0, 0.1) is 11.3 Å². The van der Waals surface area contributed by atoms with Gasteiger partial charge in [-0.1, -0.05) is 11.3 Å².